The first-order valence-corrected chi connectivity index (χ1v) is 8.75. The first kappa shape index (κ1) is 16.7. The van der Waals surface area contributed by atoms with Gasteiger partial charge in [-0.15, -0.1) is 11.3 Å². The van der Waals surface area contributed by atoms with Crippen LogP contribution < -0.4 is 5.32 Å². The van der Waals surface area contributed by atoms with Gasteiger partial charge in [0.2, 0.25) is 0 Å². The normalized spacial score (nSPS) is 11.2. The maximum absolute atomic E-state index is 5.03. The Morgan fingerprint density at radius 2 is 2.19 bits per heavy atom. The molecule has 0 fully saturated rings. The smallest absolute Gasteiger partial charge is 0.0766 e. The number of hydrogen-bond acceptors (Lipinski definition) is 4. The first-order chi connectivity index (χ1) is 10.1. The van der Waals surface area contributed by atoms with E-state index in [0.717, 1.165) is 38.4 Å². The van der Waals surface area contributed by atoms with Crippen LogP contribution in [0.3, 0.4) is 0 Å². The molecule has 0 saturated heterocycles. The summed E-state index contributed by atoms with van der Waals surface area (Å²) in [5.41, 5.74) is 3.75. The van der Waals surface area contributed by atoms with Crippen LogP contribution in [0.15, 0.2) is 15.9 Å². The number of rotatable bonds is 8. The highest BCUT2D eigenvalue weighted by Crippen LogP contribution is 2.24. The molecular weight excluding hydrogens is 350 g/mol. The third-order valence-electron chi connectivity index (χ3n) is 3.55. The second-order valence-corrected chi connectivity index (χ2v) is 6.85. The molecule has 0 aliphatic rings. The minimum Gasteiger partial charge on any atom is -0.383 e. The van der Waals surface area contributed by atoms with E-state index in [1.165, 1.54) is 20.6 Å². The molecule has 0 atom stereocenters. The number of nitrogens with zero attached hydrogens (tertiary/aromatic N) is 2. The highest BCUT2D eigenvalue weighted by Gasteiger charge is 2.12. The number of methoxy groups -OCH3 is 1. The molecule has 0 aromatic carbocycles. The molecule has 0 saturated carbocycles. The van der Waals surface area contributed by atoms with Crippen molar-refractivity contribution in [2.24, 2.45) is 0 Å². The van der Waals surface area contributed by atoms with Crippen LogP contribution in [0.25, 0.3) is 0 Å². The lowest BCUT2D eigenvalue weighted by atomic mass is 10.1. The number of aromatic nitrogens is 2. The molecule has 0 bridgehead atoms. The topological polar surface area (TPSA) is 39.1 Å². The summed E-state index contributed by atoms with van der Waals surface area (Å²) in [6.07, 6.45) is 1.01. The van der Waals surface area contributed by atoms with E-state index in [9.17, 15) is 0 Å². The zero-order valence-electron chi connectivity index (χ0n) is 12.8. The van der Waals surface area contributed by atoms with Crippen molar-refractivity contribution >= 4 is 27.3 Å². The van der Waals surface area contributed by atoms with E-state index >= 15 is 0 Å². The van der Waals surface area contributed by atoms with Gasteiger partial charge in [-0.1, -0.05) is 0 Å². The van der Waals surface area contributed by atoms with Crippen molar-refractivity contribution in [2.75, 3.05) is 26.8 Å². The van der Waals surface area contributed by atoms with Gasteiger partial charge < -0.3 is 10.1 Å². The van der Waals surface area contributed by atoms with Crippen LogP contribution in [-0.4, -0.2) is 36.6 Å². The lowest BCUT2D eigenvalue weighted by Gasteiger charge is -2.06. The fourth-order valence-electron chi connectivity index (χ4n) is 2.34. The Morgan fingerprint density at radius 3 is 2.86 bits per heavy atom. The molecule has 0 aliphatic heterocycles. The number of thiophene rings is 1. The van der Waals surface area contributed by atoms with Crippen LogP contribution in [0.4, 0.5) is 0 Å². The van der Waals surface area contributed by atoms with Gasteiger partial charge in [0, 0.05) is 28.7 Å². The average Bonchev–Trinajstić information content (AvgIpc) is 2.97. The van der Waals surface area contributed by atoms with Gasteiger partial charge in [0.05, 0.1) is 18.8 Å². The van der Waals surface area contributed by atoms with Crippen LogP contribution >= 0.6 is 27.3 Å². The van der Waals surface area contributed by atoms with Crippen molar-refractivity contribution in [3.8, 4) is 0 Å². The summed E-state index contributed by atoms with van der Waals surface area (Å²) in [5, 5.41) is 10.2. The summed E-state index contributed by atoms with van der Waals surface area (Å²) in [6.45, 7) is 7.69. The van der Waals surface area contributed by atoms with Gasteiger partial charge in [0.25, 0.3) is 0 Å². The van der Waals surface area contributed by atoms with Crippen LogP contribution in [0.5, 0.6) is 0 Å². The quantitative estimate of drug-likeness (QED) is 0.724. The average molecular weight is 372 g/mol. The highest BCUT2D eigenvalue weighted by molar-refractivity contribution is 9.10. The van der Waals surface area contributed by atoms with Gasteiger partial charge in [-0.2, -0.15) is 5.10 Å². The second kappa shape index (κ2) is 8.08. The van der Waals surface area contributed by atoms with Crippen molar-refractivity contribution in [1.82, 2.24) is 15.1 Å². The monoisotopic (exact) mass is 371 g/mol. The molecule has 0 aliphatic carbocycles. The SMILES string of the molecule is COCCNCCc1c(C)nn(Cc2sccc2Br)c1C. The molecule has 6 heteroatoms. The molecule has 0 spiro atoms. The summed E-state index contributed by atoms with van der Waals surface area (Å²) in [4.78, 5) is 1.31. The van der Waals surface area contributed by atoms with Gasteiger partial charge in [0.1, 0.15) is 0 Å². The minimum atomic E-state index is 0.754. The fourth-order valence-corrected chi connectivity index (χ4v) is 3.80. The second-order valence-electron chi connectivity index (χ2n) is 4.99. The Balaban J connectivity index is 1.98. The van der Waals surface area contributed by atoms with Gasteiger partial charge in [-0.3, -0.25) is 4.68 Å². The van der Waals surface area contributed by atoms with E-state index in [1.807, 2.05) is 0 Å². The zero-order chi connectivity index (χ0) is 15.2. The molecule has 0 radical (unpaired) electrons. The van der Waals surface area contributed by atoms with Crippen molar-refractivity contribution in [3.63, 3.8) is 0 Å². The van der Waals surface area contributed by atoms with E-state index < -0.39 is 0 Å². The van der Waals surface area contributed by atoms with Gasteiger partial charge in [0.15, 0.2) is 0 Å². The Morgan fingerprint density at radius 1 is 1.38 bits per heavy atom. The summed E-state index contributed by atoms with van der Waals surface area (Å²) >= 11 is 5.35. The van der Waals surface area contributed by atoms with E-state index in [-0.39, 0.29) is 0 Å². The number of ether oxygens (including phenoxy) is 1. The standard InChI is InChI=1S/C15H22BrN3OS/c1-11-13(4-6-17-7-8-20-3)12(2)19(18-11)10-15-14(16)5-9-21-15/h5,9,17H,4,6-8,10H2,1-3H3. The predicted octanol–water partition coefficient (Wildman–Crippen LogP) is 3.15. The molecule has 2 aromatic rings. The summed E-state index contributed by atoms with van der Waals surface area (Å²) < 4.78 is 8.31. The number of halogens is 1. The molecule has 0 unspecified atom stereocenters. The Kier molecular flexibility index (Phi) is 6.41. The fraction of sp³-hybridized carbons (Fsp3) is 0.533. The minimum absolute atomic E-state index is 0.754. The molecule has 4 nitrogen and oxygen atoms in total. The lowest BCUT2D eigenvalue weighted by Crippen LogP contribution is -2.22. The third-order valence-corrected chi connectivity index (χ3v) is 5.46. The predicted molar refractivity (Wildman–Crippen MR) is 91.3 cm³/mol. The van der Waals surface area contributed by atoms with E-state index in [2.05, 4.69) is 51.2 Å². The lowest BCUT2D eigenvalue weighted by molar-refractivity contribution is 0.199. The maximum Gasteiger partial charge on any atom is 0.0766 e. The Labute approximate surface area is 138 Å². The third kappa shape index (κ3) is 4.39. The highest BCUT2D eigenvalue weighted by atomic mass is 79.9. The largest absolute Gasteiger partial charge is 0.383 e. The number of aryl methyl sites for hydroxylation is 1. The van der Waals surface area contributed by atoms with Crippen LogP contribution in [0.2, 0.25) is 0 Å². The van der Waals surface area contributed by atoms with E-state index in [4.69, 9.17) is 9.84 Å². The van der Waals surface area contributed by atoms with Gasteiger partial charge in [-0.25, -0.2) is 0 Å². The molecule has 116 valence electrons. The molecule has 0 amide bonds. The van der Waals surface area contributed by atoms with Crippen LogP contribution in [0, 0.1) is 13.8 Å². The molecule has 2 aromatic heterocycles. The van der Waals surface area contributed by atoms with Crippen LogP contribution in [-0.2, 0) is 17.7 Å². The molecule has 2 rings (SSSR count). The van der Waals surface area contributed by atoms with Crippen molar-refractivity contribution in [2.45, 2.75) is 26.8 Å². The van der Waals surface area contributed by atoms with Crippen molar-refractivity contribution < 1.29 is 4.74 Å². The Bertz CT molecular complexity index is 579. The summed E-state index contributed by atoms with van der Waals surface area (Å²) in [5.74, 6) is 0. The summed E-state index contributed by atoms with van der Waals surface area (Å²) in [7, 11) is 1.72. The van der Waals surface area contributed by atoms with E-state index in [0.29, 0.717) is 0 Å². The van der Waals surface area contributed by atoms with Gasteiger partial charge in [-0.05, 0) is 59.8 Å². The van der Waals surface area contributed by atoms with Crippen molar-refractivity contribution in [3.05, 3.63) is 37.7 Å². The zero-order valence-corrected chi connectivity index (χ0v) is 15.2. The molecule has 21 heavy (non-hydrogen) atoms. The molecule has 2 heterocycles. The number of nitrogens with one attached hydrogen (secondary N) is 1. The van der Waals surface area contributed by atoms with Crippen molar-refractivity contribution in [1.29, 1.82) is 0 Å². The maximum atomic E-state index is 5.03. The molecule has 1 N–H and O–H groups in total. The Hall–Kier alpha value is -0.690. The first-order valence-electron chi connectivity index (χ1n) is 7.08. The molecular formula is C15H22BrN3OS. The van der Waals surface area contributed by atoms with Crippen LogP contribution in [0.1, 0.15) is 21.8 Å². The number of hydrogen-bond donors (Lipinski definition) is 1. The van der Waals surface area contributed by atoms with E-state index in [1.54, 1.807) is 18.4 Å². The summed E-state index contributed by atoms with van der Waals surface area (Å²) in [6, 6.07) is 2.09. The van der Waals surface area contributed by atoms with Gasteiger partial charge >= 0.3 is 0 Å².